The maximum absolute atomic E-state index is 9.30. The van der Waals surface area contributed by atoms with Crippen molar-refractivity contribution in [1.29, 1.82) is 5.26 Å². The van der Waals surface area contributed by atoms with Gasteiger partial charge < -0.3 is 4.43 Å². The third-order valence-electron chi connectivity index (χ3n) is 4.03. The minimum Gasteiger partial charge on any atom is -0.415 e. The third kappa shape index (κ3) is 4.94. The van der Waals surface area contributed by atoms with Crippen LogP contribution in [0.1, 0.15) is 26.3 Å². The van der Waals surface area contributed by atoms with E-state index >= 15 is 0 Å². The van der Waals surface area contributed by atoms with Crippen molar-refractivity contribution in [2.45, 2.75) is 45.3 Å². The molecule has 20 heavy (non-hydrogen) atoms. The molecule has 2 nitrogen and oxygen atoms in total. The molecule has 4 heteroatoms. The number of halogens is 1. The zero-order chi connectivity index (χ0) is 15.4. The molecule has 0 saturated carbocycles. The SMILES string of the molecule is CC(C)(C)[Si](C)(C)OCC(C#N)Cc1ccc(Cl)cc1. The first-order chi connectivity index (χ1) is 9.15. The molecular formula is C16H24ClNOSi. The van der Waals surface area contributed by atoms with Crippen LogP contribution in [-0.4, -0.2) is 14.9 Å². The van der Waals surface area contributed by atoms with E-state index in [-0.39, 0.29) is 11.0 Å². The lowest BCUT2D eigenvalue weighted by Gasteiger charge is -2.36. The first-order valence-corrected chi connectivity index (χ1v) is 10.2. The predicted octanol–water partition coefficient (Wildman–Crippen LogP) is 5.04. The molecule has 1 unspecified atom stereocenters. The molecule has 0 saturated heterocycles. The van der Waals surface area contributed by atoms with Gasteiger partial charge in [0.25, 0.3) is 0 Å². The fraction of sp³-hybridized carbons (Fsp3) is 0.562. The molecule has 0 spiro atoms. The van der Waals surface area contributed by atoms with Gasteiger partial charge in [-0.05, 0) is 42.2 Å². The van der Waals surface area contributed by atoms with Crippen LogP contribution in [0.5, 0.6) is 0 Å². The first-order valence-electron chi connectivity index (χ1n) is 6.94. The van der Waals surface area contributed by atoms with Crippen LogP contribution in [0.15, 0.2) is 24.3 Å². The predicted molar refractivity (Wildman–Crippen MR) is 87.4 cm³/mol. The van der Waals surface area contributed by atoms with Crippen molar-refractivity contribution >= 4 is 19.9 Å². The first kappa shape index (κ1) is 17.2. The summed E-state index contributed by atoms with van der Waals surface area (Å²) in [7, 11) is -1.78. The van der Waals surface area contributed by atoms with Crippen molar-refractivity contribution in [3.8, 4) is 6.07 Å². The molecule has 0 amide bonds. The normalized spacial score (nSPS) is 13.8. The molecule has 1 atom stereocenters. The molecule has 0 aliphatic heterocycles. The minimum absolute atomic E-state index is 0.106. The van der Waals surface area contributed by atoms with Gasteiger partial charge in [-0.25, -0.2) is 0 Å². The fourth-order valence-corrected chi connectivity index (χ4v) is 2.75. The third-order valence-corrected chi connectivity index (χ3v) is 8.78. The van der Waals surface area contributed by atoms with Crippen LogP contribution in [0, 0.1) is 17.2 Å². The van der Waals surface area contributed by atoms with Crippen LogP contribution in [0.4, 0.5) is 0 Å². The van der Waals surface area contributed by atoms with E-state index in [1.54, 1.807) is 0 Å². The van der Waals surface area contributed by atoms with E-state index in [2.05, 4.69) is 39.9 Å². The summed E-state index contributed by atoms with van der Waals surface area (Å²) in [6.07, 6.45) is 0.711. The Hall–Kier alpha value is -0.823. The Bertz CT molecular complexity index is 471. The summed E-state index contributed by atoms with van der Waals surface area (Å²) in [5.74, 6) is -0.106. The van der Waals surface area contributed by atoms with Gasteiger partial charge in [0.05, 0.1) is 18.6 Å². The minimum atomic E-state index is -1.78. The van der Waals surface area contributed by atoms with Gasteiger partial charge in [-0.1, -0.05) is 44.5 Å². The maximum Gasteiger partial charge on any atom is 0.192 e. The molecule has 0 N–H and O–H groups in total. The van der Waals surface area contributed by atoms with Gasteiger partial charge >= 0.3 is 0 Å². The van der Waals surface area contributed by atoms with Crippen LogP contribution in [0.25, 0.3) is 0 Å². The summed E-state index contributed by atoms with van der Waals surface area (Å²) in [4.78, 5) is 0. The van der Waals surface area contributed by atoms with Gasteiger partial charge in [-0.3, -0.25) is 0 Å². The van der Waals surface area contributed by atoms with Crippen molar-refractivity contribution in [3.05, 3.63) is 34.9 Å². The number of rotatable bonds is 5. The number of benzene rings is 1. The van der Waals surface area contributed by atoms with E-state index in [0.29, 0.717) is 13.0 Å². The Morgan fingerprint density at radius 3 is 2.25 bits per heavy atom. The second kappa shape index (κ2) is 6.75. The lowest BCUT2D eigenvalue weighted by Crippen LogP contribution is -2.42. The second-order valence-electron chi connectivity index (χ2n) is 6.73. The van der Waals surface area contributed by atoms with E-state index in [4.69, 9.17) is 16.0 Å². The van der Waals surface area contributed by atoms with Crippen molar-refractivity contribution in [2.24, 2.45) is 5.92 Å². The van der Waals surface area contributed by atoms with E-state index in [0.717, 1.165) is 10.6 Å². The summed E-state index contributed by atoms with van der Waals surface area (Å²) in [5, 5.41) is 10.2. The van der Waals surface area contributed by atoms with Crippen LogP contribution in [-0.2, 0) is 10.8 Å². The highest BCUT2D eigenvalue weighted by atomic mass is 35.5. The topological polar surface area (TPSA) is 33.0 Å². The average Bonchev–Trinajstić information content (AvgIpc) is 2.35. The Kier molecular flexibility index (Phi) is 5.82. The maximum atomic E-state index is 9.30. The molecule has 0 fully saturated rings. The Balaban J connectivity index is 2.61. The summed E-state index contributed by atoms with van der Waals surface area (Å²) in [6, 6.07) is 10.0. The Labute approximate surface area is 128 Å². The molecule has 110 valence electrons. The highest BCUT2D eigenvalue weighted by Gasteiger charge is 2.37. The van der Waals surface area contributed by atoms with Crippen LogP contribution in [0.2, 0.25) is 23.2 Å². The Morgan fingerprint density at radius 2 is 1.80 bits per heavy atom. The van der Waals surface area contributed by atoms with E-state index in [1.165, 1.54) is 0 Å². The Morgan fingerprint density at radius 1 is 1.25 bits per heavy atom. The molecule has 1 aromatic rings. The molecule has 0 heterocycles. The van der Waals surface area contributed by atoms with Crippen molar-refractivity contribution < 1.29 is 4.43 Å². The number of hydrogen-bond donors (Lipinski definition) is 0. The molecule has 0 radical (unpaired) electrons. The van der Waals surface area contributed by atoms with Crippen LogP contribution >= 0.6 is 11.6 Å². The molecule has 0 bridgehead atoms. The molecular weight excluding hydrogens is 286 g/mol. The summed E-state index contributed by atoms with van der Waals surface area (Å²) < 4.78 is 6.13. The lowest BCUT2D eigenvalue weighted by atomic mass is 10.0. The highest BCUT2D eigenvalue weighted by Crippen LogP contribution is 2.36. The van der Waals surface area contributed by atoms with E-state index in [1.807, 2.05) is 24.3 Å². The summed E-state index contributed by atoms with van der Waals surface area (Å²) in [5.41, 5.74) is 1.12. The van der Waals surface area contributed by atoms with Gasteiger partial charge in [-0.2, -0.15) is 5.26 Å². The molecule has 0 aliphatic carbocycles. The molecule has 1 rings (SSSR count). The monoisotopic (exact) mass is 309 g/mol. The van der Waals surface area contributed by atoms with Gasteiger partial charge in [0.15, 0.2) is 8.32 Å². The zero-order valence-electron chi connectivity index (χ0n) is 13.0. The summed E-state index contributed by atoms with van der Waals surface area (Å²) in [6.45, 7) is 11.6. The number of hydrogen-bond acceptors (Lipinski definition) is 2. The van der Waals surface area contributed by atoms with Gasteiger partial charge in [-0.15, -0.1) is 0 Å². The van der Waals surface area contributed by atoms with Crippen molar-refractivity contribution in [3.63, 3.8) is 0 Å². The van der Waals surface area contributed by atoms with Crippen molar-refractivity contribution in [2.75, 3.05) is 6.61 Å². The molecule has 0 aromatic heterocycles. The number of nitriles is 1. The highest BCUT2D eigenvalue weighted by molar-refractivity contribution is 6.74. The lowest BCUT2D eigenvalue weighted by molar-refractivity contribution is 0.253. The second-order valence-corrected chi connectivity index (χ2v) is 12.0. The summed E-state index contributed by atoms with van der Waals surface area (Å²) >= 11 is 5.87. The number of nitrogens with zero attached hydrogens (tertiary/aromatic N) is 1. The molecule has 0 aliphatic rings. The van der Waals surface area contributed by atoms with E-state index < -0.39 is 8.32 Å². The van der Waals surface area contributed by atoms with Crippen molar-refractivity contribution in [1.82, 2.24) is 0 Å². The van der Waals surface area contributed by atoms with Gasteiger partial charge in [0.2, 0.25) is 0 Å². The average molecular weight is 310 g/mol. The standard InChI is InChI=1S/C16H24ClNOSi/c1-16(2,3)20(4,5)19-12-14(11-18)10-13-6-8-15(17)9-7-13/h6-9,14H,10,12H2,1-5H3. The largest absolute Gasteiger partial charge is 0.415 e. The van der Waals surface area contributed by atoms with Gasteiger partial charge in [0, 0.05) is 5.02 Å². The van der Waals surface area contributed by atoms with Gasteiger partial charge in [0.1, 0.15) is 0 Å². The quantitative estimate of drug-likeness (QED) is 0.713. The molecule has 1 aromatic carbocycles. The van der Waals surface area contributed by atoms with Crippen LogP contribution < -0.4 is 0 Å². The zero-order valence-corrected chi connectivity index (χ0v) is 14.8. The smallest absolute Gasteiger partial charge is 0.192 e. The van der Waals surface area contributed by atoms with Crippen LogP contribution in [0.3, 0.4) is 0 Å². The fourth-order valence-electron chi connectivity index (χ4n) is 1.57. The van der Waals surface area contributed by atoms with E-state index in [9.17, 15) is 5.26 Å².